The number of methoxy groups -OCH3 is 1. The molecule has 0 N–H and O–H groups in total. The monoisotopic (exact) mass is 168 g/mol. The summed E-state index contributed by atoms with van der Waals surface area (Å²) in [6, 6.07) is 0. The van der Waals surface area contributed by atoms with Crippen molar-refractivity contribution in [2.45, 2.75) is 26.7 Å². The van der Waals surface area contributed by atoms with Crippen molar-refractivity contribution in [1.29, 1.82) is 0 Å². The lowest BCUT2D eigenvalue weighted by molar-refractivity contribution is -0.140. The number of rotatable bonds is 4. The molecule has 0 aromatic rings. The van der Waals surface area contributed by atoms with Crippen molar-refractivity contribution in [3.8, 4) is 0 Å². The first-order valence-corrected chi connectivity index (χ1v) is 4.06. The average Bonchev–Trinajstić information content (AvgIpc) is 2.10. The van der Waals surface area contributed by atoms with Crippen LogP contribution in [0.5, 0.6) is 0 Å². The zero-order chi connectivity index (χ0) is 9.40. The predicted molar refractivity (Wildman–Crippen MR) is 49.8 cm³/mol. The van der Waals surface area contributed by atoms with E-state index in [2.05, 4.69) is 4.74 Å². The van der Waals surface area contributed by atoms with Crippen LogP contribution >= 0.6 is 0 Å². The van der Waals surface area contributed by atoms with Gasteiger partial charge in [0.2, 0.25) is 0 Å². The van der Waals surface area contributed by atoms with Gasteiger partial charge in [-0.1, -0.05) is 23.8 Å². The summed E-state index contributed by atoms with van der Waals surface area (Å²) in [7, 11) is 1.41. The van der Waals surface area contributed by atoms with Gasteiger partial charge in [-0.25, -0.2) is 0 Å². The summed E-state index contributed by atoms with van der Waals surface area (Å²) in [6.07, 6.45) is 7.17. The van der Waals surface area contributed by atoms with Crippen molar-refractivity contribution in [2.75, 3.05) is 7.11 Å². The van der Waals surface area contributed by atoms with Gasteiger partial charge >= 0.3 is 5.97 Å². The minimum atomic E-state index is -0.150. The molecule has 0 amide bonds. The summed E-state index contributed by atoms with van der Waals surface area (Å²) in [5, 5.41) is 0. The Labute approximate surface area is 73.9 Å². The zero-order valence-corrected chi connectivity index (χ0v) is 7.96. The highest BCUT2D eigenvalue weighted by molar-refractivity contribution is 5.69. The van der Waals surface area contributed by atoms with Gasteiger partial charge in [0.1, 0.15) is 0 Å². The Morgan fingerprint density at radius 1 is 1.42 bits per heavy atom. The molecule has 0 aromatic heterocycles. The van der Waals surface area contributed by atoms with E-state index in [-0.39, 0.29) is 5.97 Å². The molecule has 0 atom stereocenters. The van der Waals surface area contributed by atoms with Gasteiger partial charge in [0, 0.05) is 6.42 Å². The third-order valence-electron chi connectivity index (χ3n) is 1.52. The van der Waals surface area contributed by atoms with Gasteiger partial charge in [-0.05, 0) is 20.3 Å². The second-order valence-electron chi connectivity index (χ2n) is 2.61. The number of carbonyl (C=O) groups is 1. The summed E-state index contributed by atoms with van der Waals surface area (Å²) in [6.45, 7) is 3.97. The summed E-state index contributed by atoms with van der Waals surface area (Å²) < 4.78 is 4.52. The molecule has 0 aromatic carbocycles. The van der Waals surface area contributed by atoms with Crippen LogP contribution in [0.15, 0.2) is 23.8 Å². The highest BCUT2D eigenvalue weighted by Crippen LogP contribution is 2.04. The minimum absolute atomic E-state index is 0.150. The molecule has 0 spiro atoms. The van der Waals surface area contributed by atoms with Gasteiger partial charge < -0.3 is 4.74 Å². The SMILES string of the molecule is C/C=C\C=C(/C)CCC(=O)OC. The number of esters is 1. The van der Waals surface area contributed by atoms with E-state index >= 15 is 0 Å². The van der Waals surface area contributed by atoms with E-state index in [0.717, 1.165) is 6.42 Å². The molecule has 0 bridgehead atoms. The first-order valence-electron chi connectivity index (χ1n) is 4.06. The third-order valence-corrected chi connectivity index (χ3v) is 1.52. The predicted octanol–water partition coefficient (Wildman–Crippen LogP) is 2.46. The summed E-state index contributed by atoms with van der Waals surface area (Å²) in [4.78, 5) is 10.7. The highest BCUT2D eigenvalue weighted by Gasteiger charge is 1.98. The van der Waals surface area contributed by atoms with Crippen LogP contribution < -0.4 is 0 Å². The van der Waals surface area contributed by atoms with Crippen LogP contribution in [-0.2, 0) is 9.53 Å². The average molecular weight is 168 g/mol. The van der Waals surface area contributed by atoms with Crippen molar-refractivity contribution in [1.82, 2.24) is 0 Å². The molecular weight excluding hydrogens is 152 g/mol. The quantitative estimate of drug-likeness (QED) is 0.476. The number of hydrogen-bond donors (Lipinski definition) is 0. The zero-order valence-electron chi connectivity index (χ0n) is 7.96. The van der Waals surface area contributed by atoms with E-state index in [1.54, 1.807) is 0 Å². The second kappa shape index (κ2) is 6.65. The van der Waals surface area contributed by atoms with E-state index in [0.29, 0.717) is 6.42 Å². The molecule has 0 saturated carbocycles. The summed E-state index contributed by atoms with van der Waals surface area (Å²) in [5.41, 5.74) is 1.19. The van der Waals surface area contributed by atoms with Crippen LogP contribution in [0.2, 0.25) is 0 Å². The van der Waals surface area contributed by atoms with Gasteiger partial charge in [-0.2, -0.15) is 0 Å². The van der Waals surface area contributed by atoms with Crippen LogP contribution in [-0.4, -0.2) is 13.1 Å². The van der Waals surface area contributed by atoms with Gasteiger partial charge in [-0.15, -0.1) is 0 Å². The summed E-state index contributed by atoms with van der Waals surface area (Å²) >= 11 is 0. The molecule has 0 aliphatic rings. The standard InChI is InChI=1S/C10H16O2/c1-4-5-6-9(2)7-8-10(11)12-3/h4-6H,7-8H2,1-3H3/b5-4-,9-6+. The maximum atomic E-state index is 10.7. The molecule has 0 radical (unpaired) electrons. The van der Waals surface area contributed by atoms with Crippen LogP contribution in [0.4, 0.5) is 0 Å². The molecule has 0 unspecified atom stereocenters. The van der Waals surface area contributed by atoms with Gasteiger partial charge in [0.05, 0.1) is 7.11 Å². The Bertz CT molecular complexity index is 190. The number of carbonyl (C=O) groups excluding carboxylic acids is 1. The van der Waals surface area contributed by atoms with Gasteiger partial charge in [-0.3, -0.25) is 4.79 Å². The molecule has 0 saturated heterocycles. The Kier molecular flexibility index (Phi) is 6.07. The molecular formula is C10H16O2. The number of hydrogen-bond acceptors (Lipinski definition) is 2. The normalized spacial score (nSPS) is 12.1. The Balaban J connectivity index is 3.70. The minimum Gasteiger partial charge on any atom is -0.469 e. The Morgan fingerprint density at radius 3 is 2.58 bits per heavy atom. The maximum absolute atomic E-state index is 10.7. The lowest BCUT2D eigenvalue weighted by Crippen LogP contribution is -1.99. The molecule has 0 aliphatic heterocycles. The van der Waals surface area contributed by atoms with Crippen molar-refractivity contribution in [2.24, 2.45) is 0 Å². The Hall–Kier alpha value is -1.05. The lowest BCUT2D eigenvalue weighted by Gasteiger charge is -1.98. The van der Waals surface area contributed by atoms with Gasteiger partial charge in [0.25, 0.3) is 0 Å². The maximum Gasteiger partial charge on any atom is 0.305 e. The first kappa shape index (κ1) is 11.0. The number of allylic oxidation sites excluding steroid dienone is 4. The van der Waals surface area contributed by atoms with E-state index in [1.165, 1.54) is 12.7 Å². The van der Waals surface area contributed by atoms with E-state index in [9.17, 15) is 4.79 Å². The van der Waals surface area contributed by atoms with E-state index < -0.39 is 0 Å². The van der Waals surface area contributed by atoms with E-state index in [4.69, 9.17) is 0 Å². The van der Waals surface area contributed by atoms with Crippen LogP contribution in [0.25, 0.3) is 0 Å². The molecule has 12 heavy (non-hydrogen) atoms. The molecule has 0 fully saturated rings. The molecule has 0 heterocycles. The van der Waals surface area contributed by atoms with Crippen LogP contribution in [0.1, 0.15) is 26.7 Å². The third kappa shape index (κ3) is 5.71. The first-order chi connectivity index (χ1) is 5.70. The molecule has 2 heteroatoms. The lowest BCUT2D eigenvalue weighted by atomic mass is 10.1. The second-order valence-corrected chi connectivity index (χ2v) is 2.61. The molecule has 0 rings (SSSR count). The fourth-order valence-electron chi connectivity index (χ4n) is 0.745. The fourth-order valence-corrected chi connectivity index (χ4v) is 0.745. The smallest absolute Gasteiger partial charge is 0.305 e. The van der Waals surface area contributed by atoms with Crippen LogP contribution in [0.3, 0.4) is 0 Å². The topological polar surface area (TPSA) is 26.3 Å². The van der Waals surface area contributed by atoms with Gasteiger partial charge in [0.15, 0.2) is 0 Å². The molecule has 68 valence electrons. The summed E-state index contributed by atoms with van der Waals surface area (Å²) in [5.74, 6) is -0.150. The van der Waals surface area contributed by atoms with Crippen molar-refractivity contribution >= 4 is 5.97 Å². The highest BCUT2D eigenvalue weighted by atomic mass is 16.5. The van der Waals surface area contributed by atoms with Crippen molar-refractivity contribution in [3.05, 3.63) is 23.8 Å². The largest absolute Gasteiger partial charge is 0.469 e. The van der Waals surface area contributed by atoms with Crippen LogP contribution in [0, 0.1) is 0 Å². The Morgan fingerprint density at radius 2 is 2.08 bits per heavy atom. The fraction of sp³-hybridized carbons (Fsp3) is 0.500. The van der Waals surface area contributed by atoms with E-state index in [1.807, 2.05) is 32.1 Å². The molecule has 0 aliphatic carbocycles. The number of ether oxygens (including phenoxy) is 1. The van der Waals surface area contributed by atoms with Crippen molar-refractivity contribution in [3.63, 3.8) is 0 Å². The van der Waals surface area contributed by atoms with Crippen molar-refractivity contribution < 1.29 is 9.53 Å². The molecule has 2 nitrogen and oxygen atoms in total.